The number of hydrogen-bond donors (Lipinski definition) is 1. The smallest absolute Gasteiger partial charge is 0.271 e. The van der Waals surface area contributed by atoms with Crippen molar-refractivity contribution in [3.05, 3.63) is 89.0 Å². The molecule has 0 saturated heterocycles. The van der Waals surface area contributed by atoms with Gasteiger partial charge >= 0.3 is 0 Å². The van der Waals surface area contributed by atoms with Gasteiger partial charge in [0.25, 0.3) is 5.91 Å². The Labute approximate surface area is 179 Å². The van der Waals surface area contributed by atoms with E-state index < -0.39 is 0 Å². The van der Waals surface area contributed by atoms with Crippen LogP contribution in [0.15, 0.2) is 60.8 Å². The van der Waals surface area contributed by atoms with Gasteiger partial charge in [0.1, 0.15) is 11.5 Å². The molecule has 156 valence electrons. The summed E-state index contributed by atoms with van der Waals surface area (Å²) in [6.45, 7) is 5.14. The molecule has 1 N–H and O–H groups in total. The van der Waals surface area contributed by atoms with Crippen LogP contribution in [0, 0.1) is 0 Å². The maximum Gasteiger partial charge on any atom is 0.271 e. The van der Waals surface area contributed by atoms with Crippen LogP contribution in [-0.4, -0.2) is 21.5 Å². The first-order valence-electron chi connectivity index (χ1n) is 11.1. The highest BCUT2D eigenvalue weighted by molar-refractivity contribution is 5.92. The summed E-state index contributed by atoms with van der Waals surface area (Å²) in [5.41, 5.74) is 4.60. The van der Waals surface area contributed by atoms with Crippen molar-refractivity contribution in [3.8, 4) is 0 Å². The minimum atomic E-state index is -0.0682. The molecule has 2 unspecified atom stereocenters. The number of amides is 1. The van der Waals surface area contributed by atoms with Gasteiger partial charge in [0.15, 0.2) is 0 Å². The number of aryl methyl sites for hydroxylation is 3. The molecule has 0 aliphatic carbocycles. The van der Waals surface area contributed by atoms with Gasteiger partial charge < -0.3 is 9.88 Å². The SMILES string of the molecule is CCc1ccc(C2CCc3nc(C(=O)NC(C)CCc4ccccc4)cn3C2)cc1. The predicted molar refractivity (Wildman–Crippen MR) is 121 cm³/mol. The zero-order chi connectivity index (χ0) is 20.9. The van der Waals surface area contributed by atoms with E-state index in [9.17, 15) is 4.79 Å². The van der Waals surface area contributed by atoms with Crippen LogP contribution < -0.4 is 5.32 Å². The average Bonchev–Trinajstić information content (AvgIpc) is 3.22. The lowest BCUT2D eigenvalue weighted by molar-refractivity contribution is 0.0933. The van der Waals surface area contributed by atoms with Crippen molar-refractivity contribution in [2.75, 3.05) is 0 Å². The van der Waals surface area contributed by atoms with E-state index in [-0.39, 0.29) is 11.9 Å². The molecular weight excluding hydrogens is 370 g/mol. The number of nitrogens with zero attached hydrogens (tertiary/aromatic N) is 2. The Bertz CT molecular complexity index is 975. The normalized spacial score (nSPS) is 16.7. The second kappa shape index (κ2) is 9.29. The van der Waals surface area contributed by atoms with Gasteiger partial charge in [-0.05, 0) is 49.3 Å². The minimum Gasteiger partial charge on any atom is -0.348 e. The Morgan fingerprint density at radius 3 is 2.63 bits per heavy atom. The number of aromatic nitrogens is 2. The molecule has 1 amide bonds. The molecule has 2 aromatic carbocycles. The third-order valence-electron chi connectivity index (χ3n) is 6.17. The van der Waals surface area contributed by atoms with Crippen molar-refractivity contribution in [1.82, 2.24) is 14.9 Å². The van der Waals surface area contributed by atoms with Crippen LogP contribution in [0.25, 0.3) is 0 Å². The fourth-order valence-electron chi connectivity index (χ4n) is 4.25. The summed E-state index contributed by atoms with van der Waals surface area (Å²) in [6, 6.07) is 19.5. The van der Waals surface area contributed by atoms with E-state index in [0.717, 1.165) is 44.5 Å². The first-order valence-corrected chi connectivity index (χ1v) is 11.1. The van der Waals surface area contributed by atoms with E-state index in [1.165, 1.54) is 16.7 Å². The molecule has 0 bridgehead atoms. The molecule has 2 atom stereocenters. The summed E-state index contributed by atoms with van der Waals surface area (Å²) < 4.78 is 2.17. The van der Waals surface area contributed by atoms with Gasteiger partial charge in [0, 0.05) is 31.1 Å². The summed E-state index contributed by atoms with van der Waals surface area (Å²) in [6.07, 6.45) is 6.87. The van der Waals surface area contributed by atoms with E-state index in [4.69, 9.17) is 0 Å². The lowest BCUT2D eigenvalue weighted by Gasteiger charge is -2.24. The second-order valence-corrected chi connectivity index (χ2v) is 8.42. The summed E-state index contributed by atoms with van der Waals surface area (Å²) in [5, 5.41) is 3.12. The predicted octanol–water partition coefficient (Wildman–Crippen LogP) is 4.93. The number of nitrogens with one attached hydrogen (secondary N) is 1. The third kappa shape index (κ3) is 4.81. The number of imidazole rings is 1. The van der Waals surface area contributed by atoms with Crippen LogP contribution in [0.1, 0.15) is 65.6 Å². The second-order valence-electron chi connectivity index (χ2n) is 8.42. The molecule has 30 heavy (non-hydrogen) atoms. The molecule has 1 aliphatic rings. The van der Waals surface area contributed by atoms with Gasteiger partial charge in [-0.3, -0.25) is 4.79 Å². The Kier molecular flexibility index (Phi) is 6.32. The lowest BCUT2D eigenvalue weighted by atomic mass is 9.91. The van der Waals surface area contributed by atoms with Gasteiger partial charge in [-0.15, -0.1) is 0 Å². The highest BCUT2D eigenvalue weighted by Crippen LogP contribution is 2.29. The van der Waals surface area contributed by atoms with Crippen molar-refractivity contribution in [2.45, 2.75) is 64.5 Å². The Morgan fingerprint density at radius 1 is 1.13 bits per heavy atom. The number of hydrogen-bond acceptors (Lipinski definition) is 2. The van der Waals surface area contributed by atoms with Crippen molar-refractivity contribution >= 4 is 5.91 Å². The monoisotopic (exact) mass is 401 g/mol. The summed E-state index contributed by atoms with van der Waals surface area (Å²) in [7, 11) is 0. The molecule has 4 nitrogen and oxygen atoms in total. The van der Waals surface area contributed by atoms with Gasteiger partial charge in [0.05, 0.1) is 0 Å². The molecule has 1 aromatic heterocycles. The molecule has 0 spiro atoms. The number of benzene rings is 2. The van der Waals surface area contributed by atoms with Gasteiger partial charge in [-0.1, -0.05) is 61.5 Å². The average molecular weight is 402 g/mol. The molecule has 0 saturated carbocycles. The van der Waals surface area contributed by atoms with Crippen LogP contribution in [-0.2, 0) is 25.8 Å². The minimum absolute atomic E-state index is 0.0682. The standard InChI is InChI=1S/C26H31N3O/c1-3-20-11-13-22(14-12-20)23-15-16-25-28-24(18-29(25)17-23)26(30)27-19(2)9-10-21-7-5-4-6-8-21/h4-8,11-14,18-19,23H,3,9-10,15-17H2,1-2H3,(H,27,30). The van der Waals surface area contributed by atoms with E-state index in [1.54, 1.807) is 0 Å². The molecule has 3 aromatic rings. The largest absolute Gasteiger partial charge is 0.348 e. The van der Waals surface area contributed by atoms with E-state index in [2.05, 4.69) is 77.2 Å². The number of rotatable bonds is 7. The van der Waals surface area contributed by atoms with E-state index in [1.807, 2.05) is 12.3 Å². The maximum atomic E-state index is 12.7. The zero-order valence-corrected chi connectivity index (χ0v) is 18.0. The highest BCUT2D eigenvalue weighted by atomic mass is 16.2. The summed E-state index contributed by atoms with van der Waals surface area (Å²) in [4.78, 5) is 17.3. The van der Waals surface area contributed by atoms with Crippen molar-refractivity contribution in [3.63, 3.8) is 0 Å². The number of carbonyl (C=O) groups excluding carboxylic acids is 1. The van der Waals surface area contributed by atoms with Gasteiger partial charge in [-0.2, -0.15) is 0 Å². The lowest BCUT2D eigenvalue weighted by Crippen LogP contribution is -2.33. The quantitative estimate of drug-likeness (QED) is 0.610. The van der Waals surface area contributed by atoms with Crippen molar-refractivity contribution in [1.29, 1.82) is 0 Å². The first-order chi connectivity index (χ1) is 14.6. The Balaban J connectivity index is 1.35. The molecule has 1 aliphatic heterocycles. The fraction of sp³-hybridized carbons (Fsp3) is 0.385. The summed E-state index contributed by atoms with van der Waals surface area (Å²) in [5.74, 6) is 1.44. The van der Waals surface area contributed by atoms with Crippen LogP contribution in [0.2, 0.25) is 0 Å². The molecule has 0 radical (unpaired) electrons. The van der Waals surface area contributed by atoms with Crippen LogP contribution in [0.5, 0.6) is 0 Å². The molecular formula is C26H31N3O. The molecule has 4 rings (SSSR count). The third-order valence-corrected chi connectivity index (χ3v) is 6.17. The number of carbonyl (C=O) groups is 1. The number of fused-ring (bicyclic) bond motifs is 1. The molecule has 4 heteroatoms. The van der Waals surface area contributed by atoms with Crippen LogP contribution in [0.3, 0.4) is 0 Å². The van der Waals surface area contributed by atoms with Crippen molar-refractivity contribution < 1.29 is 4.79 Å². The van der Waals surface area contributed by atoms with Crippen LogP contribution >= 0.6 is 0 Å². The van der Waals surface area contributed by atoms with E-state index >= 15 is 0 Å². The Hall–Kier alpha value is -2.88. The molecule has 0 fully saturated rings. The van der Waals surface area contributed by atoms with Crippen LogP contribution in [0.4, 0.5) is 0 Å². The zero-order valence-electron chi connectivity index (χ0n) is 18.0. The first kappa shape index (κ1) is 20.4. The topological polar surface area (TPSA) is 46.9 Å². The van der Waals surface area contributed by atoms with Gasteiger partial charge in [0.2, 0.25) is 0 Å². The fourth-order valence-corrected chi connectivity index (χ4v) is 4.25. The maximum absolute atomic E-state index is 12.7. The van der Waals surface area contributed by atoms with E-state index in [0.29, 0.717) is 11.6 Å². The summed E-state index contributed by atoms with van der Waals surface area (Å²) >= 11 is 0. The highest BCUT2D eigenvalue weighted by Gasteiger charge is 2.24. The Morgan fingerprint density at radius 2 is 1.90 bits per heavy atom. The van der Waals surface area contributed by atoms with Gasteiger partial charge in [-0.25, -0.2) is 4.98 Å². The van der Waals surface area contributed by atoms with Crippen molar-refractivity contribution in [2.24, 2.45) is 0 Å². The molecule has 2 heterocycles.